The first-order chi connectivity index (χ1) is 14.5. The Morgan fingerprint density at radius 2 is 1.83 bits per heavy atom. The molecule has 1 saturated heterocycles. The Morgan fingerprint density at radius 1 is 1.20 bits per heavy atom. The number of carbonyl (C=O) groups excluding carboxylic acids is 1. The van der Waals surface area contributed by atoms with Crippen molar-refractivity contribution in [3.63, 3.8) is 0 Å². The molecule has 1 aromatic carbocycles. The van der Waals surface area contributed by atoms with Crippen LogP contribution in [0.3, 0.4) is 0 Å². The summed E-state index contributed by atoms with van der Waals surface area (Å²) in [4.78, 5) is 25.8. The lowest BCUT2D eigenvalue weighted by molar-refractivity contribution is -0.122. The molecule has 1 saturated carbocycles. The standard InChI is InChI=1S/C20H27N5O2.CH2O2/c1-23(2)18-8-15-10-24(11-16(15)9-19(18)27-3)20(26)14-5-4-6-17(7-14)25-12-21-22-13-25;2-1-3/h4-7,12-13,15-16,18-19H,8-11H2,1-3H3;1H,(H,2,3)/t15-,16+,18-,19-;/m1./s1. The minimum atomic E-state index is -0.250. The van der Waals surface area contributed by atoms with Crippen molar-refractivity contribution in [1.82, 2.24) is 24.6 Å². The monoisotopic (exact) mass is 415 g/mol. The van der Waals surface area contributed by atoms with E-state index in [0.29, 0.717) is 23.4 Å². The number of nitrogens with zero attached hydrogens (tertiary/aromatic N) is 5. The van der Waals surface area contributed by atoms with Crippen LogP contribution in [0.2, 0.25) is 0 Å². The van der Waals surface area contributed by atoms with Crippen LogP contribution in [0.25, 0.3) is 5.69 Å². The molecule has 162 valence electrons. The summed E-state index contributed by atoms with van der Waals surface area (Å²) >= 11 is 0. The van der Waals surface area contributed by atoms with E-state index in [2.05, 4.69) is 29.2 Å². The van der Waals surface area contributed by atoms with E-state index in [0.717, 1.165) is 31.6 Å². The van der Waals surface area contributed by atoms with Gasteiger partial charge in [0.15, 0.2) is 0 Å². The van der Waals surface area contributed by atoms with Gasteiger partial charge in [-0.25, -0.2) is 0 Å². The third-order valence-corrected chi connectivity index (χ3v) is 6.15. The molecule has 9 nitrogen and oxygen atoms in total. The van der Waals surface area contributed by atoms with Gasteiger partial charge in [0.2, 0.25) is 0 Å². The van der Waals surface area contributed by atoms with Crippen molar-refractivity contribution >= 4 is 12.4 Å². The van der Waals surface area contributed by atoms with E-state index in [1.54, 1.807) is 19.8 Å². The van der Waals surface area contributed by atoms with Gasteiger partial charge in [-0.2, -0.15) is 0 Å². The van der Waals surface area contributed by atoms with Gasteiger partial charge in [0.25, 0.3) is 12.4 Å². The van der Waals surface area contributed by atoms with Gasteiger partial charge in [0.1, 0.15) is 12.7 Å². The van der Waals surface area contributed by atoms with E-state index < -0.39 is 0 Å². The first kappa shape index (κ1) is 21.9. The van der Waals surface area contributed by atoms with Gasteiger partial charge >= 0.3 is 0 Å². The molecule has 0 spiro atoms. The number of benzene rings is 1. The minimum absolute atomic E-state index is 0.106. The quantitative estimate of drug-likeness (QED) is 0.753. The molecule has 2 fully saturated rings. The van der Waals surface area contributed by atoms with Crippen LogP contribution in [0.5, 0.6) is 0 Å². The SMILES string of the molecule is CO[C@@H]1C[C@H]2CN(C(=O)c3cccc(-n4cnnc4)c3)C[C@H]2C[C@H]1N(C)C.O=CO. The number of amides is 1. The molecule has 1 aromatic heterocycles. The van der Waals surface area contributed by atoms with E-state index in [9.17, 15) is 4.79 Å². The maximum absolute atomic E-state index is 13.1. The van der Waals surface area contributed by atoms with Crippen LogP contribution < -0.4 is 0 Å². The highest BCUT2D eigenvalue weighted by molar-refractivity contribution is 5.95. The Labute approximate surface area is 176 Å². The minimum Gasteiger partial charge on any atom is -0.483 e. The van der Waals surface area contributed by atoms with Gasteiger partial charge in [-0.05, 0) is 57.0 Å². The third kappa shape index (κ3) is 4.68. The molecule has 1 N–H and O–H groups in total. The molecule has 2 aromatic rings. The summed E-state index contributed by atoms with van der Waals surface area (Å²) in [6, 6.07) is 8.08. The van der Waals surface area contributed by atoms with Gasteiger partial charge < -0.3 is 19.6 Å². The zero-order chi connectivity index (χ0) is 21.7. The second-order valence-corrected chi connectivity index (χ2v) is 8.03. The maximum Gasteiger partial charge on any atom is 0.290 e. The Morgan fingerprint density at radius 3 is 2.43 bits per heavy atom. The van der Waals surface area contributed by atoms with Crippen molar-refractivity contribution in [1.29, 1.82) is 0 Å². The molecule has 2 aliphatic rings. The molecule has 4 atom stereocenters. The number of ether oxygens (including phenoxy) is 1. The lowest BCUT2D eigenvalue weighted by Gasteiger charge is -2.40. The summed E-state index contributed by atoms with van der Waals surface area (Å²) in [6.45, 7) is 1.40. The summed E-state index contributed by atoms with van der Waals surface area (Å²) in [5.41, 5.74) is 1.61. The molecular weight excluding hydrogens is 386 g/mol. The van der Waals surface area contributed by atoms with Gasteiger partial charge in [-0.3, -0.25) is 14.2 Å². The number of likely N-dealkylation sites (tertiary alicyclic amines) is 1. The van der Waals surface area contributed by atoms with E-state index in [4.69, 9.17) is 14.6 Å². The number of carboxylic acid groups (broad SMARTS) is 1. The number of carbonyl (C=O) groups is 2. The summed E-state index contributed by atoms with van der Waals surface area (Å²) in [5.74, 6) is 1.18. The van der Waals surface area contributed by atoms with Crippen LogP contribution in [0, 0.1) is 11.8 Å². The highest BCUT2D eigenvalue weighted by Gasteiger charge is 2.44. The molecule has 4 rings (SSSR count). The fourth-order valence-corrected chi connectivity index (χ4v) is 4.67. The summed E-state index contributed by atoms with van der Waals surface area (Å²) in [5, 5.41) is 14.6. The number of rotatable bonds is 4. The van der Waals surface area contributed by atoms with Crippen molar-refractivity contribution < 1.29 is 19.4 Å². The number of hydrogen-bond donors (Lipinski definition) is 1. The average Bonchev–Trinajstić information content (AvgIpc) is 3.42. The van der Waals surface area contributed by atoms with E-state index in [1.807, 2.05) is 33.7 Å². The molecule has 9 heteroatoms. The average molecular weight is 415 g/mol. The van der Waals surface area contributed by atoms with Crippen LogP contribution >= 0.6 is 0 Å². The highest BCUT2D eigenvalue weighted by Crippen LogP contribution is 2.39. The van der Waals surface area contributed by atoms with Crippen molar-refractivity contribution in [3.05, 3.63) is 42.5 Å². The smallest absolute Gasteiger partial charge is 0.290 e. The highest BCUT2D eigenvalue weighted by atomic mass is 16.5. The first-order valence-corrected chi connectivity index (χ1v) is 9.99. The normalized spacial score (nSPS) is 25.4. The van der Waals surface area contributed by atoms with Gasteiger partial charge in [-0.1, -0.05) is 6.07 Å². The van der Waals surface area contributed by atoms with E-state index in [1.165, 1.54) is 0 Å². The number of likely N-dealkylation sites (N-methyl/N-ethyl adjacent to an activating group) is 1. The molecule has 1 amide bonds. The number of methoxy groups -OCH3 is 1. The third-order valence-electron chi connectivity index (χ3n) is 6.15. The van der Waals surface area contributed by atoms with Crippen molar-refractivity contribution in [2.45, 2.75) is 25.0 Å². The number of fused-ring (bicyclic) bond motifs is 1. The fraction of sp³-hybridized carbons (Fsp3) is 0.524. The topological polar surface area (TPSA) is 101 Å². The zero-order valence-electron chi connectivity index (χ0n) is 17.6. The number of hydrogen-bond acceptors (Lipinski definition) is 6. The van der Waals surface area contributed by atoms with Crippen LogP contribution in [0.4, 0.5) is 0 Å². The number of aromatic nitrogens is 3. The van der Waals surface area contributed by atoms with Crippen LogP contribution in [-0.2, 0) is 9.53 Å². The largest absolute Gasteiger partial charge is 0.483 e. The lowest BCUT2D eigenvalue weighted by atomic mass is 9.77. The molecule has 0 radical (unpaired) electrons. The second-order valence-electron chi connectivity index (χ2n) is 8.03. The van der Waals surface area contributed by atoms with Gasteiger partial charge in [0, 0.05) is 37.5 Å². The van der Waals surface area contributed by atoms with Crippen LogP contribution in [-0.4, -0.2) is 88.5 Å². The molecule has 2 heterocycles. The summed E-state index contributed by atoms with van der Waals surface area (Å²) < 4.78 is 7.56. The Hall–Kier alpha value is -2.78. The van der Waals surface area contributed by atoms with Crippen molar-refractivity contribution in [2.24, 2.45) is 11.8 Å². The molecule has 1 aliphatic heterocycles. The predicted octanol–water partition coefficient (Wildman–Crippen LogP) is 1.40. The van der Waals surface area contributed by atoms with Gasteiger partial charge in [-0.15, -0.1) is 10.2 Å². The van der Waals surface area contributed by atoms with Crippen LogP contribution in [0.15, 0.2) is 36.9 Å². The molecule has 1 aliphatic carbocycles. The molecule has 0 bridgehead atoms. The molecule has 30 heavy (non-hydrogen) atoms. The van der Waals surface area contributed by atoms with Crippen molar-refractivity contribution in [2.75, 3.05) is 34.3 Å². The molecule has 0 unspecified atom stereocenters. The Balaban J connectivity index is 0.000000806. The Kier molecular flexibility index (Phi) is 7.17. The predicted molar refractivity (Wildman–Crippen MR) is 110 cm³/mol. The Bertz CT molecular complexity index is 842. The van der Waals surface area contributed by atoms with E-state index in [-0.39, 0.29) is 18.5 Å². The van der Waals surface area contributed by atoms with Gasteiger partial charge in [0.05, 0.1) is 6.10 Å². The summed E-state index contributed by atoms with van der Waals surface area (Å²) in [6.07, 6.45) is 5.63. The fourth-order valence-electron chi connectivity index (χ4n) is 4.67. The summed E-state index contributed by atoms with van der Waals surface area (Å²) in [7, 11) is 6.03. The molecular formula is C21H29N5O4. The zero-order valence-corrected chi connectivity index (χ0v) is 17.6. The van der Waals surface area contributed by atoms with E-state index >= 15 is 0 Å². The first-order valence-electron chi connectivity index (χ1n) is 9.99. The lowest BCUT2D eigenvalue weighted by Crippen LogP contribution is -2.47. The second kappa shape index (κ2) is 9.82. The van der Waals surface area contributed by atoms with Crippen LogP contribution in [0.1, 0.15) is 23.2 Å². The van der Waals surface area contributed by atoms with Crippen molar-refractivity contribution in [3.8, 4) is 5.69 Å². The maximum atomic E-state index is 13.1.